The van der Waals surface area contributed by atoms with Gasteiger partial charge in [-0.05, 0) is 43.4 Å². The fourth-order valence-corrected chi connectivity index (χ4v) is 4.59. The molecule has 1 aliphatic heterocycles. The molecule has 2 aromatic carbocycles. The molecule has 0 saturated carbocycles. The third-order valence-corrected chi connectivity index (χ3v) is 6.38. The van der Waals surface area contributed by atoms with Gasteiger partial charge in [-0.25, -0.2) is 0 Å². The van der Waals surface area contributed by atoms with Crippen molar-refractivity contribution in [3.63, 3.8) is 0 Å². The van der Waals surface area contributed by atoms with E-state index in [-0.39, 0.29) is 5.92 Å². The van der Waals surface area contributed by atoms with Gasteiger partial charge in [0.25, 0.3) is 10.1 Å². The molecule has 0 radical (unpaired) electrons. The maximum atomic E-state index is 12.3. The molecule has 1 saturated heterocycles. The molecule has 0 bridgehead atoms. The predicted molar refractivity (Wildman–Crippen MR) is 99.0 cm³/mol. The van der Waals surface area contributed by atoms with E-state index < -0.39 is 10.1 Å². The van der Waals surface area contributed by atoms with E-state index in [1.165, 1.54) is 12.7 Å². The average Bonchev–Trinajstić information content (AvgIpc) is 2.96. The van der Waals surface area contributed by atoms with Gasteiger partial charge < -0.3 is 0 Å². The standard InChI is InChI=1S/C20H25NO3S/c1-15-9-10-20(25(22,23)24-3)19(11-15)18-12-16(2)21(14-18)13-17-7-5-4-6-8-17/h4-11,16,18H,12-14H2,1-3H3/t16-,18+/m0/s1. The van der Waals surface area contributed by atoms with Gasteiger partial charge in [-0.15, -0.1) is 0 Å². The zero-order valence-corrected chi connectivity index (χ0v) is 15.8. The van der Waals surface area contributed by atoms with Crippen molar-refractivity contribution in [3.8, 4) is 0 Å². The average molecular weight is 359 g/mol. The van der Waals surface area contributed by atoms with E-state index in [0.717, 1.165) is 30.6 Å². The summed E-state index contributed by atoms with van der Waals surface area (Å²) in [5, 5.41) is 0. The molecule has 25 heavy (non-hydrogen) atoms. The molecular weight excluding hydrogens is 334 g/mol. The van der Waals surface area contributed by atoms with Crippen LogP contribution >= 0.6 is 0 Å². The SMILES string of the molecule is COS(=O)(=O)c1ccc(C)cc1[C@@H]1C[C@H](C)N(Cc2ccccc2)C1. The van der Waals surface area contributed by atoms with E-state index >= 15 is 0 Å². The smallest absolute Gasteiger partial charge is 0.296 e. The molecule has 1 fully saturated rings. The van der Waals surface area contributed by atoms with E-state index in [0.29, 0.717) is 10.9 Å². The lowest BCUT2D eigenvalue weighted by molar-refractivity contribution is 0.258. The maximum absolute atomic E-state index is 12.3. The minimum atomic E-state index is -3.70. The molecule has 5 heteroatoms. The fraction of sp³-hybridized carbons (Fsp3) is 0.400. The summed E-state index contributed by atoms with van der Waals surface area (Å²) in [5.41, 5.74) is 3.23. The van der Waals surface area contributed by atoms with Gasteiger partial charge in [0.15, 0.2) is 0 Å². The van der Waals surface area contributed by atoms with Crippen molar-refractivity contribution in [2.75, 3.05) is 13.7 Å². The highest BCUT2D eigenvalue weighted by Gasteiger charge is 2.33. The van der Waals surface area contributed by atoms with E-state index in [4.69, 9.17) is 4.18 Å². The van der Waals surface area contributed by atoms with Crippen LogP contribution in [0.25, 0.3) is 0 Å². The molecule has 1 heterocycles. The third-order valence-electron chi connectivity index (χ3n) is 5.03. The fourth-order valence-electron chi connectivity index (χ4n) is 3.67. The predicted octanol–water partition coefficient (Wildman–Crippen LogP) is 3.71. The lowest BCUT2D eigenvalue weighted by atomic mass is 9.95. The van der Waals surface area contributed by atoms with Gasteiger partial charge in [0, 0.05) is 19.1 Å². The lowest BCUT2D eigenvalue weighted by Gasteiger charge is -2.21. The minimum Gasteiger partial charge on any atom is -0.296 e. The topological polar surface area (TPSA) is 46.6 Å². The Kier molecular flexibility index (Phi) is 5.27. The minimum absolute atomic E-state index is 0.193. The van der Waals surface area contributed by atoms with Crippen molar-refractivity contribution in [1.82, 2.24) is 4.90 Å². The van der Waals surface area contributed by atoms with Gasteiger partial charge in [-0.2, -0.15) is 8.42 Å². The second-order valence-electron chi connectivity index (χ2n) is 6.86. The number of rotatable bonds is 5. The summed E-state index contributed by atoms with van der Waals surface area (Å²) in [4.78, 5) is 2.73. The number of benzene rings is 2. The maximum Gasteiger partial charge on any atom is 0.296 e. The molecule has 3 rings (SSSR count). The molecule has 0 amide bonds. The van der Waals surface area contributed by atoms with Crippen LogP contribution in [0.5, 0.6) is 0 Å². The number of likely N-dealkylation sites (tertiary alicyclic amines) is 1. The number of hydrogen-bond donors (Lipinski definition) is 0. The van der Waals surface area contributed by atoms with Crippen molar-refractivity contribution in [3.05, 3.63) is 65.2 Å². The Morgan fingerprint density at radius 3 is 2.56 bits per heavy atom. The molecule has 0 aromatic heterocycles. The summed E-state index contributed by atoms with van der Waals surface area (Å²) in [6, 6.07) is 16.3. The highest BCUT2D eigenvalue weighted by molar-refractivity contribution is 7.86. The second-order valence-corrected chi connectivity index (χ2v) is 8.54. The largest absolute Gasteiger partial charge is 0.296 e. The normalized spacial score (nSPS) is 21.6. The van der Waals surface area contributed by atoms with Crippen molar-refractivity contribution < 1.29 is 12.6 Å². The molecule has 2 atom stereocenters. The molecule has 0 aliphatic carbocycles. The Morgan fingerprint density at radius 2 is 1.88 bits per heavy atom. The van der Waals surface area contributed by atoms with Crippen LogP contribution in [0.3, 0.4) is 0 Å². The summed E-state index contributed by atoms with van der Waals surface area (Å²) in [7, 11) is -2.48. The van der Waals surface area contributed by atoms with Crippen LogP contribution in [-0.4, -0.2) is 33.0 Å². The van der Waals surface area contributed by atoms with Crippen molar-refractivity contribution in [2.24, 2.45) is 0 Å². The van der Waals surface area contributed by atoms with Crippen LogP contribution in [0, 0.1) is 6.92 Å². The second kappa shape index (κ2) is 7.28. The first-order chi connectivity index (χ1) is 11.9. The Morgan fingerprint density at radius 1 is 1.16 bits per heavy atom. The summed E-state index contributed by atoms with van der Waals surface area (Å²) in [6.07, 6.45) is 0.947. The molecule has 4 nitrogen and oxygen atoms in total. The van der Waals surface area contributed by atoms with Crippen molar-refractivity contribution >= 4 is 10.1 Å². The molecule has 2 aromatic rings. The van der Waals surface area contributed by atoms with Crippen molar-refractivity contribution in [1.29, 1.82) is 0 Å². The lowest BCUT2D eigenvalue weighted by Crippen LogP contribution is -2.26. The molecular formula is C20H25NO3S. The third kappa shape index (κ3) is 3.94. The zero-order valence-electron chi connectivity index (χ0n) is 15.0. The highest BCUT2D eigenvalue weighted by Crippen LogP contribution is 2.36. The Bertz CT molecular complexity index is 833. The van der Waals surface area contributed by atoms with Crippen LogP contribution in [0.15, 0.2) is 53.4 Å². The van der Waals surface area contributed by atoms with Gasteiger partial charge in [0.2, 0.25) is 0 Å². The van der Waals surface area contributed by atoms with E-state index in [9.17, 15) is 8.42 Å². The number of aryl methyl sites for hydroxylation is 1. The van der Waals surface area contributed by atoms with E-state index in [2.05, 4.69) is 36.1 Å². The highest BCUT2D eigenvalue weighted by atomic mass is 32.2. The summed E-state index contributed by atoms with van der Waals surface area (Å²) in [5.74, 6) is 0.193. The summed E-state index contributed by atoms with van der Waals surface area (Å²) < 4.78 is 29.4. The molecule has 0 spiro atoms. The zero-order chi connectivity index (χ0) is 18.0. The van der Waals surface area contributed by atoms with Gasteiger partial charge >= 0.3 is 0 Å². The van der Waals surface area contributed by atoms with E-state index in [1.54, 1.807) is 6.07 Å². The molecule has 0 N–H and O–H groups in total. The van der Waals surface area contributed by atoms with Gasteiger partial charge in [-0.3, -0.25) is 9.08 Å². The van der Waals surface area contributed by atoms with Gasteiger partial charge in [-0.1, -0.05) is 48.0 Å². The first-order valence-corrected chi connectivity index (χ1v) is 10.0. The van der Waals surface area contributed by atoms with Crippen LogP contribution in [0.4, 0.5) is 0 Å². The molecule has 134 valence electrons. The first kappa shape index (κ1) is 18.1. The van der Waals surface area contributed by atoms with Crippen LogP contribution in [0.1, 0.15) is 36.0 Å². The monoisotopic (exact) mass is 359 g/mol. The Hall–Kier alpha value is -1.69. The number of nitrogens with zero attached hydrogens (tertiary/aromatic N) is 1. The van der Waals surface area contributed by atoms with Crippen LogP contribution in [0.2, 0.25) is 0 Å². The Balaban J connectivity index is 1.87. The first-order valence-electron chi connectivity index (χ1n) is 8.60. The van der Waals surface area contributed by atoms with Crippen molar-refractivity contribution in [2.45, 2.75) is 43.7 Å². The van der Waals surface area contributed by atoms with Crippen LogP contribution < -0.4 is 0 Å². The van der Waals surface area contributed by atoms with Gasteiger partial charge in [0.05, 0.1) is 12.0 Å². The van der Waals surface area contributed by atoms with Crippen LogP contribution in [-0.2, 0) is 20.8 Å². The Labute approximate surface area is 150 Å². The van der Waals surface area contributed by atoms with Gasteiger partial charge in [0.1, 0.15) is 0 Å². The summed E-state index contributed by atoms with van der Waals surface area (Å²) in [6.45, 7) is 5.94. The molecule has 1 aliphatic rings. The van der Waals surface area contributed by atoms with E-state index in [1.807, 2.05) is 25.1 Å². The quantitative estimate of drug-likeness (QED) is 0.764. The molecule has 0 unspecified atom stereocenters. The number of hydrogen-bond acceptors (Lipinski definition) is 4. The summed E-state index contributed by atoms with van der Waals surface area (Å²) >= 11 is 0.